The molecule has 1 heterocycles. The van der Waals surface area contributed by atoms with Crippen LogP contribution in [-0.4, -0.2) is 17.1 Å². The summed E-state index contributed by atoms with van der Waals surface area (Å²) in [6.45, 7) is 0. The first-order chi connectivity index (χ1) is 6.90. The van der Waals surface area contributed by atoms with Crippen molar-refractivity contribution in [3.63, 3.8) is 0 Å². The predicted octanol–water partition coefficient (Wildman–Crippen LogP) is 2.01. The van der Waals surface area contributed by atoms with Gasteiger partial charge < -0.3 is 9.72 Å². The van der Waals surface area contributed by atoms with Crippen LogP contribution in [0.2, 0.25) is 0 Å². The van der Waals surface area contributed by atoms with E-state index in [1.165, 1.54) is 0 Å². The van der Waals surface area contributed by atoms with Gasteiger partial charge in [0.1, 0.15) is 5.75 Å². The molecule has 72 valence electrons. The molecule has 0 saturated heterocycles. The molecule has 0 radical (unpaired) electrons. The highest BCUT2D eigenvalue weighted by atomic mass is 16.5. The first-order valence-electron chi connectivity index (χ1n) is 4.49. The van der Waals surface area contributed by atoms with Crippen molar-refractivity contribution < 1.29 is 4.74 Å². The highest BCUT2D eigenvalue weighted by molar-refractivity contribution is 5.35. The van der Waals surface area contributed by atoms with Crippen molar-refractivity contribution in [2.45, 2.75) is 6.42 Å². The molecule has 0 bridgehead atoms. The lowest BCUT2D eigenvalue weighted by atomic mass is 10.1. The van der Waals surface area contributed by atoms with Gasteiger partial charge in [-0.05, 0) is 6.07 Å². The number of hydrogen-bond acceptors (Lipinski definition) is 2. The Morgan fingerprint density at radius 1 is 1.36 bits per heavy atom. The van der Waals surface area contributed by atoms with Gasteiger partial charge >= 0.3 is 0 Å². The number of nitrogens with zero attached hydrogens (tertiary/aromatic N) is 1. The van der Waals surface area contributed by atoms with Gasteiger partial charge in [0.05, 0.1) is 19.1 Å². The van der Waals surface area contributed by atoms with Crippen molar-refractivity contribution in [1.82, 2.24) is 9.97 Å². The predicted molar refractivity (Wildman–Crippen MR) is 54.4 cm³/mol. The molecule has 14 heavy (non-hydrogen) atoms. The molecule has 0 spiro atoms. The first kappa shape index (κ1) is 8.81. The lowest BCUT2D eigenvalue weighted by molar-refractivity contribution is 0.410. The van der Waals surface area contributed by atoms with Crippen LogP contribution in [0.4, 0.5) is 0 Å². The second-order valence-electron chi connectivity index (χ2n) is 3.05. The van der Waals surface area contributed by atoms with Crippen LogP contribution in [0, 0.1) is 0 Å². The van der Waals surface area contributed by atoms with E-state index in [4.69, 9.17) is 4.74 Å². The van der Waals surface area contributed by atoms with Crippen molar-refractivity contribution in [1.29, 1.82) is 0 Å². The Kier molecular flexibility index (Phi) is 2.49. The van der Waals surface area contributed by atoms with Gasteiger partial charge in [-0.2, -0.15) is 0 Å². The van der Waals surface area contributed by atoms with E-state index in [0.29, 0.717) is 0 Å². The van der Waals surface area contributed by atoms with Gasteiger partial charge in [-0.1, -0.05) is 18.2 Å². The third-order valence-electron chi connectivity index (χ3n) is 2.12. The topological polar surface area (TPSA) is 37.9 Å². The number of nitrogens with one attached hydrogen (secondary N) is 1. The van der Waals surface area contributed by atoms with Crippen LogP contribution in [0.5, 0.6) is 5.75 Å². The summed E-state index contributed by atoms with van der Waals surface area (Å²) in [7, 11) is 1.68. The number of ether oxygens (including phenoxy) is 1. The normalized spacial score (nSPS) is 10.1. The van der Waals surface area contributed by atoms with E-state index in [9.17, 15) is 0 Å². The van der Waals surface area contributed by atoms with Crippen molar-refractivity contribution in [2.24, 2.45) is 0 Å². The van der Waals surface area contributed by atoms with E-state index >= 15 is 0 Å². The van der Waals surface area contributed by atoms with Gasteiger partial charge in [0.2, 0.25) is 0 Å². The largest absolute Gasteiger partial charge is 0.496 e. The van der Waals surface area contributed by atoms with Crippen LogP contribution in [0.1, 0.15) is 11.3 Å². The van der Waals surface area contributed by atoms with Gasteiger partial charge in [0, 0.05) is 18.2 Å². The summed E-state index contributed by atoms with van der Waals surface area (Å²) in [5, 5.41) is 0. The summed E-state index contributed by atoms with van der Waals surface area (Å²) in [6, 6.07) is 7.98. The smallest absolute Gasteiger partial charge is 0.122 e. The minimum absolute atomic E-state index is 0.799. The minimum Gasteiger partial charge on any atom is -0.496 e. The number of para-hydroxylation sites is 1. The number of H-pyrrole nitrogens is 1. The Morgan fingerprint density at radius 3 is 2.93 bits per heavy atom. The molecule has 0 fully saturated rings. The van der Waals surface area contributed by atoms with E-state index in [1.54, 1.807) is 13.4 Å². The van der Waals surface area contributed by atoms with Crippen molar-refractivity contribution in [3.05, 3.63) is 48.0 Å². The van der Waals surface area contributed by atoms with Gasteiger partial charge in [-0.3, -0.25) is 0 Å². The van der Waals surface area contributed by atoms with E-state index in [1.807, 2.05) is 30.5 Å². The van der Waals surface area contributed by atoms with E-state index < -0.39 is 0 Å². The molecule has 1 aromatic carbocycles. The van der Waals surface area contributed by atoms with Gasteiger partial charge in [-0.15, -0.1) is 0 Å². The Labute approximate surface area is 82.8 Å². The van der Waals surface area contributed by atoms with Gasteiger partial charge in [-0.25, -0.2) is 4.98 Å². The average molecular weight is 188 g/mol. The summed E-state index contributed by atoms with van der Waals surface area (Å²) in [5.41, 5.74) is 2.18. The zero-order valence-electron chi connectivity index (χ0n) is 8.03. The number of rotatable bonds is 3. The molecule has 0 unspecified atom stereocenters. The van der Waals surface area contributed by atoms with E-state index in [0.717, 1.165) is 23.4 Å². The number of aromatic amines is 1. The SMILES string of the molecule is COc1ccccc1Cc1c[nH]cn1. The summed E-state index contributed by atoms with van der Waals surface area (Å²) >= 11 is 0. The van der Waals surface area contributed by atoms with Gasteiger partial charge in [0.15, 0.2) is 0 Å². The maximum Gasteiger partial charge on any atom is 0.122 e. The van der Waals surface area contributed by atoms with Crippen molar-refractivity contribution in [2.75, 3.05) is 7.11 Å². The van der Waals surface area contributed by atoms with Crippen LogP contribution >= 0.6 is 0 Å². The second kappa shape index (κ2) is 3.96. The Hall–Kier alpha value is -1.77. The summed E-state index contributed by atoms with van der Waals surface area (Å²) in [4.78, 5) is 7.11. The molecule has 3 nitrogen and oxygen atoms in total. The summed E-state index contributed by atoms with van der Waals surface area (Å²) < 4.78 is 5.26. The number of aromatic nitrogens is 2. The van der Waals surface area contributed by atoms with Crippen LogP contribution in [0.3, 0.4) is 0 Å². The quantitative estimate of drug-likeness (QED) is 0.800. The Bertz CT molecular complexity index is 395. The fourth-order valence-corrected chi connectivity index (χ4v) is 1.43. The van der Waals surface area contributed by atoms with Crippen LogP contribution in [0.25, 0.3) is 0 Å². The number of hydrogen-bond donors (Lipinski definition) is 1. The molecule has 0 saturated carbocycles. The van der Waals surface area contributed by atoms with Crippen molar-refractivity contribution in [3.8, 4) is 5.75 Å². The monoisotopic (exact) mass is 188 g/mol. The molecule has 1 aromatic heterocycles. The van der Waals surface area contributed by atoms with Crippen molar-refractivity contribution >= 4 is 0 Å². The second-order valence-corrected chi connectivity index (χ2v) is 3.05. The molecule has 0 atom stereocenters. The molecule has 2 rings (SSSR count). The highest BCUT2D eigenvalue weighted by Gasteiger charge is 2.03. The molecule has 0 aliphatic carbocycles. The minimum atomic E-state index is 0.799. The average Bonchev–Trinajstić information content (AvgIpc) is 2.71. The van der Waals surface area contributed by atoms with E-state index in [-0.39, 0.29) is 0 Å². The van der Waals surface area contributed by atoms with Crippen LogP contribution in [-0.2, 0) is 6.42 Å². The summed E-state index contributed by atoms with van der Waals surface area (Å²) in [6.07, 6.45) is 4.38. The van der Waals surface area contributed by atoms with Gasteiger partial charge in [0.25, 0.3) is 0 Å². The lowest BCUT2D eigenvalue weighted by Gasteiger charge is -2.05. The fourth-order valence-electron chi connectivity index (χ4n) is 1.43. The lowest BCUT2D eigenvalue weighted by Crippen LogP contribution is -1.93. The third kappa shape index (κ3) is 1.76. The highest BCUT2D eigenvalue weighted by Crippen LogP contribution is 2.19. The van der Waals surface area contributed by atoms with E-state index in [2.05, 4.69) is 9.97 Å². The Balaban J connectivity index is 2.24. The standard InChI is InChI=1S/C11H12N2O/c1-14-11-5-3-2-4-9(11)6-10-7-12-8-13-10/h2-5,7-8H,6H2,1H3,(H,12,13). The molecule has 1 N–H and O–H groups in total. The zero-order chi connectivity index (χ0) is 9.80. The maximum absolute atomic E-state index is 5.26. The first-order valence-corrected chi connectivity index (χ1v) is 4.49. The van der Waals surface area contributed by atoms with Crippen LogP contribution < -0.4 is 4.74 Å². The zero-order valence-corrected chi connectivity index (χ0v) is 8.03. The number of benzene rings is 1. The Morgan fingerprint density at radius 2 is 2.21 bits per heavy atom. The molecule has 0 aliphatic rings. The summed E-state index contributed by atoms with van der Waals surface area (Å²) in [5.74, 6) is 0.913. The van der Waals surface area contributed by atoms with Crippen LogP contribution in [0.15, 0.2) is 36.8 Å². The molecule has 0 aliphatic heterocycles. The molecule has 3 heteroatoms. The maximum atomic E-state index is 5.26. The molecular formula is C11H12N2O. The fraction of sp³-hybridized carbons (Fsp3) is 0.182. The molecule has 0 amide bonds. The molecular weight excluding hydrogens is 176 g/mol. The number of imidazole rings is 1. The third-order valence-corrected chi connectivity index (χ3v) is 2.12. The number of methoxy groups -OCH3 is 1. The molecule has 2 aromatic rings.